The quantitative estimate of drug-likeness (QED) is 0.447. The van der Waals surface area contributed by atoms with Gasteiger partial charge in [-0.15, -0.1) is 0 Å². The molecule has 0 aromatic carbocycles. The van der Waals surface area contributed by atoms with Gasteiger partial charge in [0.1, 0.15) is 23.0 Å². The first-order valence-corrected chi connectivity index (χ1v) is 12.7. The molecule has 0 radical (unpaired) electrons. The Morgan fingerprint density at radius 1 is 0.865 bits per heavy atom. The first-order chi connectivity index (χ1) is 18.1. The zero-order valence-corrected chi connectivity index (χ0v) is 20.8. The van der Waals surface area contributed by atoms with E-state index in [4.69, 9.17) is 9.97 Å². The third-order valence-electron chi connectivity index (χ3n) is 7.00. The van der Waals surface area contributed by atoms with Crippen LogP contribution < -0.4 is 15.1 Å². The van der Waals surface area contributed by atoms with Crippen molar-refractivity contribution in [2.24, 2.45) is 0 Å². The van der Waals surface area contributed by atoms with Crippen LogP contribution in [-0.2, 0) is 0 Å². The Morgan fingerprint density at radius 2 is 1.65 bits per heavy atom. The molecule has 37 heavy (non-hydrogen) atoms. The zero-order chi connectivity index (χ0) is 25.2. The molecule has 1 N–H and O–H groups in total. The molecule has 10 heteroatoms. The van der Waals surface area contributed by atoms with Gasteiger partial charge in [-0.05, 0) is 38.1 Å². The highest BCUT2D eigenvalue weighted by Gasteiger charge is 2.22. The van der Waals surface area contributed by atoms with Crippen molar-refractivity contribution in [1.29, 1.82) is 0 Å². The van der Waals surface area contributed by atoms with E-state index in [0.29, 0.717) is 11.4 Å². The van der Waals surface area contributed by atoms with Crippen molar-refractivity contribution < 1.29 is 4.79 Å². The van der Waals surface area contributed by atoms with Gasteiger partial charge in [-0.3, -0.25) is 14.8 Å². The van der Waals surface area contributed by atoms with Gasteiger partial charge in [-0.2, -0.15) is 0 Å². The van der Waals surface area contributed by atoms with Gasteiger partial charge in [0.25, 0.3) is 5.91 Å². The minimum absolute atomic E-state index is 0.243. The molecule has 6 heterocycles. The molecule has 4 aromatic heterocycles. The van der Waals surface area contributed by atoms with Crippen LogP contribution in [0.4, 0.5) is 17.3 Å². The smallest absolute Gasteiger partial charge is 0.256 e. The van der Waals surface area contributed by atoms with E-state index in [9.17, 15) is 4.79 Å². The molecule has 0 unspecified atom stereocenters. The largest absolute Gasteiger partial charge is 0.367 e. The van der Waals surface area contributed by atoms with E-state index in [1.807, 2.05) is 12.3 Å². The van der Waals surface area contributed by atoms with Gasteiger partial charge in [-0.25, -0.2) is 15.0 Å². The van der Waals surface area contributed by atoms with Crippen LogP contribution in [0.5, 0.6) is 0 Å². The molecule has 6 rings (SSSR count). The number of anilines is 3. The normalized spacial score (nSPS) is 16.4. The van der Waals surface area contributed by atoms with E-state index in [-0.39, 0.29) is 5.91 Å². The first-order valence-electron chi connectivity index (χ1n) is 12.7. The van der Waals surface area contributed by atoms with E-state index >= 15 is 0 Å². The molecular formula is C27H29N9O. The molecule has 2 fully saturated rings. The summed E-state index contributed by atoms with van der Waals surface area (Å²) in [5.74, 6) is 1.09. The molecule has 1 amide bonds. The molecule has 188 valence electrons. The third kappa shape index (κ3) is 4.92. The maximum absolute atomic E-state index is 12.7. The number of nitrogens with one attached hydrogen (secondary N) is 1. The van der Waals surface area contributed by atoms with Crippen molar-refractivity contribution >= 4 is 34.1 Å². The number of likely N-dealkylation sites (N-methyl/N-ethyl adjacent to an activating group) is 1. The molecule has 2 aliphatic rings. The summed E-state index contributed by atoms with van der Waals surface area (Å²) in [5, 5.41) is 3.78. The molecule has 2 aliphatic heterocycles. The van der Waals surface area contributed by atoms with Gasteiger partial charge in [0.2, 0.25) is 0 Å². The molecule has 0 atom stereocenters. The lowest BCUT2D eigenvalue weighted by molar-refractivity contribution is 0.102. The van der Waals surface area contributed by atoms with E-state index in [0.717, 1.165) is 73.1 Å². The summed E-state index contributed by atoms with van der Waals surface area (Å²) in [6.07, 6.45) is 10.9. The Morgan fingerprint density at radius 3 is 2.43 bits per heavy atom. The lowest BCUT2D eigenvalue weighted by Gasteiger charge is -2.35. The summed E-state index contributed by atoms with van der Waals surface area (Å²) in [5.41, 5.74) is 3.83. The average Bonchev–Trinajstić information content (AvgIpc) is 3.49. The summed E-state index contributed by atoms with van der Waals surface area (Å²) in [7, 11) is 2.15. The molecule has 4 aromatic rings. The van der Waals surface area contributed by atoms with Crippen LogP contribution in [0.2, 0.25) is 0 Å². The second-order valence-corrected chi connectivity index (χ2v) is 9.56. The van der Waals surface area contributed by atoms with Crippen LogP contribution in [0.1, 0.15) is 23.2 Å². The second kappa shape index (κ2) is 10.1. The van der Waals surface area contributed by atoms with Crippen molar-refractivity contribution in [3.63, 3.8) is 0 Å². The highest BCUT2D eigenvalue weighted by molar-refractivity contribution is 6.04. The summed E-state index contributed by atoms with van der Waals surface area (Å²) < 4.78 is 0. The van der Waals surface area contributed by atoms with Crippen LogP contribution in [-0.4, -0.2) is 82.0 Å². The van der Waals surface area contributed by atoms with Gasteiger partial charge in [0.15, 0.2) is 0 Å². The van der Waals surface area contributed by atoms with Crippen molar-refractivity contribution in [2.45, 2.75) is 12.8 Å². The predicted octanol–water partition coefficient (Wildman–Crippen LogP) is 3.09. The van der Waals surface area contributed by atoms with Crippen molar-refractivity contribution in [3.05, 3.63) is 60.8 Å². The minimum atomic E-state index is -0.243. The fraction of sp³-hybridized carbons (Fsp3) is 0.333. The van der Waals surface area contributed by atoms with Crippen LogP contribution in [0.15, 0.2) is 55.2 Å². The number of carbonyl (C=O) groups is 1. The van der Waals surface area contributed by atoms with Gasteiger partial charge >= 0.3 is 0 Å². The van der Waals surface area contributed by atoms with E-state index in [1.54, 1.807) is 36.9 Å². The SMILES string of the molecule is CN1CCN(c2cc3cnc(NC(=O)c4ccncc4)cc3nc2-c2cncc(N3CCCC3)n2)CC1. The van der Waals surface area contributed by atoms with Crippen molar-refractivity contribution in [3.8, 4) is 11.4 Å². The highest BCUT2D eigenvalue weighted by Crippen LogP contribution is 2.33. The number of hydrogen-bond donors (Lipinski definition) is 1. The summed E-state index contributed by atoms with van der Waals surface area (Å²) in [6, 6.07) is 7.28. The Bertz CT molecular complexity index is 1410. The number of pyridine rings is 3. The first kappa shape index (κ1) is 23.2. The number of hydrogen-bond acceptors (Lipinski definition) is 9. The van der Waals surface area contributed by atoms with Gasteiger partial charge < -0.3 is 20.0 Å². The fourth-order valence-corrected chi connectivity index (χ4v) is 4.86. The number of rotatable bonds is 5. The lowest BCUT2D eigenvalue weighted by atomic mass is 10.1. The molecule has 10 nitrogen and oxygen atoms in total. The predicted molar refractivity (Wildman–Crippen MR) is 144 cm³/mol. The van der Waals surface area contributed by atoms with E-state index < -0.39 is 0 Å². The Labute approximate surface area is 215 Å². The standard InChI is InChI=1S/C27H29N9O/c1-34-10-12-35(13-11-34)23-14-20-16-30-24(33-27(37)19-4-6-28-7-5-19)15-21(20)32-26(23)22-17-29-18-25(31-22)36-8-2-3-9-36/h4-7,14-18H,2-3,8-13H2,1H3,(H,30,33,37). The average molecular weight is 496 g/mol. The molecular weight excluding hydrogens is 466 g/mol. The topological polar surface area (TPSA) is 103 Å². The molecule has 0 saturated carbocycles. The third-order valence-corrected chi connectivity index (χ3v) is 7.00. The second-order valence-electron chi connectivity index (χ2n) is 9.56. The lowest BCUT2D eigenvalue weighted by Crippen LogP contribution is -2.44. The van der Waals surface area contributed by atoms with Crippen LogP contribution in [0.25, 0.3) is 22.3 Å². The van der Waals surface area contributed by atoms with Gasteiger partial charge in [0.05, 0.1) is 23.6 Å². The van der Waals surface area contributed by atoms with E-state index in [1.165, 1.54) is 12.8 Å². The summed E-state index contributed by atoms with van der Waals surface area (Å²) in [4.78, 5) is 42.7. The van der Waals surface area contributed by atoms with Gasteiger partial charge in [-0.1, -0.05) is 0 Å². The summed E-state index contributed by atoms with van der Waals surface area (Å²) in [6.45, 7) is 5.78. The number of nitrogens with zero attached hydrogens (tertiary/aromatic N) is 8. The fourth-order valence-electron chi connectivity index (χ4n) is 4.86. The molecule has 0 spiro atoms. The Balaban J connectivity index is 1.40. The highest BCUT2D eigenvalue weighted by atomic mass is 16.1. The minimum Gasteiger partial charge on any atom is -0.367 e. The van der Waals surface area contributed by atoms with Gasteiger partial charge in [0, 0.05) is 74.9 Å². The monoisotopic (exact) mass is 495 g/mol. The Hall–Kier alpha value is -4.18. The maximum Gasteiger partial charge on any atom is 0.256 e. The Kier molecular flexibility index (Phi) is 6.32. The van der Waals surface area contributed by atoms with Crippen molar-refractivity contribution in [2.75, 3.05) is 61.4 Å². The molecule has 2 saturated heterocycles. The molecule has 0 bridgehead atoms. The zero-order valence-electron chi connectivity index (χ0n) is 20.8. The number of piperazine rings is 1. The number of amides is 1. The number of carbonyl (C=O) groups excluding carboxylic acids is 1. The number of fused-ring (bicyclic) bond motifs is 1. The molecule has 0 aliphatic carbocycles. The summed E-state index contributed by atoms with van der Waals surface area (Å²) >= 11 is 0. The number of aromatic nitrogens is 5. The van der Waals surface area contributed by atoms with Crippen molar-refractivity contribution in [1.82, 2.24) is 29.8 Å². The van der Waals surface area contributed by atoms with Crippen LogP contribution in [0, 0.1) is 0 Å². The van der Waals surface area contributed by atoms with E-state index in [2.05, 4.69) is 48.1 Å². The van der Waals surface area contributed by atoms with Crippen LogP contribution >= 0.6 is 0 Å². The van der Waals surface area contributed by atoms with Crippen LogP contribution in [0.3, 0.4) is 0 Å². The maximum atomic E-state index is 12.7.